The van der Waals surface area contributed by atoms with Crippen molar-refractivity contribution in [2.45, 2.75) is 25.4 Å². The van der Waals surface area contributed by atoms with Crippen molar-refractivity contribution in [3.63, 3.8) is 0 Å². The van der Waals surface area contributed by atoms with Gasteiger partial charge in [-0.2, -0.15) is 5.10 Å². The van der Waals surface area contributed by atoms with Crippen LogP contribution in [0.15, 0.2) is 53.7 Å². The molecule has 134 valence electrons. The molecule has 2 aliphatic rings. The lowest BCUT2D eigenvalue weighted by Gasteiger charge is -2.17. The van der Waals surface area contributed by atoms with E-state index >= 15 is 0 Å². The molecule has 2 aromatic rings. The van der Waals surface area contributed by atoms with Crippen LogP contribution in [0.5, 0.6) is 0 Å². The largest absolute Gasteiger partial charge is 0.356 e. The number of hydrazone groups is 1. The van der Waals surface area contributed by atoms with E-state index in [0.29, 0.717) is 12.5 Å². The molecule has 0 bridgehead atoms. The molecular formula is C19H22N6S. The lowest BCUT2D eigenvalue weighted by atomic mass is 9.90. The molecule has 1 aromatic heterocycles. The summed E-state index contributed by atoms with van der Waals surface area (Å²) in [5.41, 5.74) is 12.5. The number of nitrogens with two attached hydrogens (primary N) is 1. The van der Waals surface area contributed by atoms with Crippen LogP contribution >= 0.6 is 11.3 Å². The summed E-state index contributed by atoms with van der Waals surface area (Å²) in [4.78, 5) is 0. The molecule has 0 saturated heterocycles. The normalized spacial score (nSPS) is 22.2. The van der Waals surface area contributed by atoms with Gasteiger partial charge in [0.1, 0.15) is 5.01 Å². The SMILES string of the molecule is CC1=NNC2C=CC(c3nnc(N[C@@H](CN)Cc4ccccc4)s3)=CC12. The van der Waals surface area contributed by atoms with Crippen LogP contribution < -0.4 is 16.5 Å². The molecule has 0 amide bonds. The molecule has 2 heterocycles. The van der Waals surface area contributed by atoms with Gasteiger partial charge in [-0.25, -0.2) is 0 Å². The van der Waals surface area contributed by atoms with Crippen molar-refractivity contribution in [1.82, 2.24) is 15.6 Å². The summed E-state index contributed by atoms with van der Waals surface area (Å²) >= 11 is 1.56. The molecule has 1 aliphatic carbocycles. The average molecular weight is 366 g/mol. The number of hydrogen-bond donors (Lipinski definition) is 3. The number of nitrogens with one attached hydrogen (secondary N) is 2. The zero-order valence-corrected chi connectivity index (χ0v) is 15.4. The van der Waals surface area contributed by atoms with E-state index in [1.54, 1.807) is 11.3 Å². The monoisotopic (exact) mass is 366 g/mol. The van der Waals surface area contributed by atoms with Gasteiger partial charge in [0.15, 0.2) is 0 Å². The van der Waals surface area contributed by atoms with Gasteiger partial charge in [0.25, 0.3) is 0 Å². The van der Waals surface area contributed by atoms with E-state index in [1.807, 2.05) is 25.1 Å². The Morgan fingerprint density at radius 3 is 2.92 bits per heavy atom. The zero-order valence-electron chi connectivity index (χ0n) is 14.6. The van der Waals surface area contributed by atoms with Gasteiger partial charge in [0.2, 0.25) is 5.13 Å². The lowest BCUT2D eigenvalue weighted by molar-refractivity contribution is 0.622. The summed E-state index contributed by atoms with van der Waals surface area (Å²) in [6.07, 6.45) is 7.32. The lowest BCUT2D eigenvalue weighted by Crippen LogP contribution is -2.30. The highest BCUT2D eigenvalue weighted by Crippen LogP contribution is 2.31. The van der Waals surface area contributed by atoms with Crippen molar-refractivity contribution in [1.29, 1.82) is 0 Å². The first kappa shape index (κ1) is 16.9. The molecular weight excluding hydrogens is 344 g/mol. The number of hydrogen-bond acceptors (Lipinski definition) is 7. The van der Waals surface area contributed by atoms with Crippen molar-refractivity contribution in [2.75, 3.05) is 11.9 Å². The molecule has 6 nitrogen and oxygen atoms in total. The molecule has 0 saturated carbocycles. The Bertz CT molecular complexity index is 854. The zero-order chi connectivity index (χ0) is 17.9. The molecule has 1 aromatic carbocycles. The highest BCUT2D eigenvalue weighted by Gasteiger charge is 2.28. The first-order valence-corrected chi connectivity index (χ1v) is 9.58. The molecule has 0 fully saturated rings. The average Bonchev–Trinajstić information content (AvgIpc) is 3.29. The predicted octanol–water partition coefficient (Wildman–Crippen LogP) is 2.44. The fourth-order valence-electron chi connectivity index (χ4n) is 3.24. The van der Waals surface area contributed by atoms with Gasteiger partial charge in [-0.05, 0) is 18.9 Å². The number of anilines is 1. The van der Waals surface area contributed by atoms with Crippen molar-refractivity contribution in [2.24, 2.45) is 16.8 Å². The molecule has 7 heteroatoms. The second-order valence-electron chi connectivity index (χ2n) is 6.59. The maximum absolute atomic E-state index is 5.94. The second kappa shape index (κ2) is 7.39. The molecule has 0 radical (unpaired) electrons. The van der Waals surface area contributed by atoms with Crippen molar-refractivity contribution < 1.29 is 0 Å². The van der Waals surface area contributed by atoms with E-state index in [-0.39, 0.29) is 12.1 Å². The van der Waals surface area contributed by atoms with Crippen LogP contribution in [-0.2, 0) is 6.42 Å². The van der Waals surface area contributed by atoms with Crippen molar-refractivity contribution >= 4 is 27.8 Å². The van der Waals surface area contributed by atoms with Crippen LogP contribution in [0.4, 0.5) is 5.13 Å². The van der Waals surface area contributed by atoms with Gasteiger partial charge in [-0.1, -0.05) is 59.9 Å². The van der Waals surface area contributed by atoms with Gasteiger partial charge in [-0.3, -0.25) is 0 Å². The standard InChI is InChI=1S/C19H22N6S/c1-12-16-10-14(7-8-17(16)23-22-12)18-24-25-19(26-18)21-15(11-20)9-13-5-3-2-4-6-13/h2-8,10,15-17,23H,9,11,20H2,1H3,(H,21,25)/t15-,16?,17?/m1/s1. The summed E-state index contributed by atoms with van der Waals surface area (Å²) in [7, 11) is 0. The van der Waals surface area contributed by atoms with Crippen LogP contribution in [0.2, 0.25) is 0 Å². The molecule has 0 spiro atoms. The highest BCUT2D eigenvalue weighted by atomic mass is 32.1. The van der Waals surface area contributed by atoms with E-state index in [4.69, 9.17) is 5.73 Å². The number of allylic oxidation sites excluding steroid dienone is 2. The van der Waals surface area contributed by atoms with Crippen LogP contribution in [0.1, 0.15) is 17.5 Å². The summed E-state index contributed by atoms with van der Waals surface area (Å²) < 4.78 is 0. The molecule has 4 N–H and O–H groups in total. The Kier molecular flexibility index (Phi) is 4.81. The number of rotatable bonds is 6. The Labute approximate surface area is 156 Å². The third-order valence-electron chi connectivity index (χ3n) is 4.71. The smallest absolute Gasteiger partial charge is 0.206 e. The quantitative estimate of drug-likeness (QED) is 0.731. The second-order valence-corrected chi connectivity index (χ2v) is 7.57. The first-order valence-electron chi connectivity index (χ1n) is 8.77. The number of fused-ring (bicyclic) bond motifs is 1. The summed E-state index contributed by atoms with van der Waals surface area (Å²) in [6, 6.07) is 10.7. The van der Waals surface area contributed by atoms with E-state index in [1.165, 1.54) is 5.56 Å². The number of nitrogens with zero attached hydrogens (tertiary/aromatic N) is 3. The minimum absolute atomic E-state index is 0.131. The molecule has 2 unspecified atom stereocenters. The Balaban J connectivity index is 1.45. The van der Waals surface area contributed by atoms with Crippen molar-refractivity contribution in [3.8, 4) is 0 Å². The van der Waals surface area contributed by atoms with E-state index in [0.717, 1.165) is 27.8 Å². The third-order valence-corrected chi connectivity index (χ3v) is 5.61. The minimum atomic E-state index is 0.131. The van der Waals surface area contributed by atoms with Crippen molar-refractivity contribution in [3.05, 3.63) is 59.1 Å². The third kappa shape index (κ3) is 3.54. The van der Waals surface area contributed by atoms with Gasteiger partial charge in [-0.15, -0.1) is 10.2 Å². The molecule has 26 heavy (non-hydrogen) atoms. The number of benzene rings is 1. The minimum Gasteiger partial charge on any atom is -0.356 e. The van der Waals surface area contributed by atoms with Crippen LogP contribution in [0, 0.1) is 5.92 Å². The van der Waals surface area contributed by atoms with Gasteiger partial charge >= 0.3 is 0 Å². The summed E-state index contributed by atoms with van der Waals surface area (Å²) in [5.74, 6) is 0.296. The van der Waals surface area contributed by atoms with E-state index < -0.39 is 0 Å². The maximum atomic E-state index is 5.94. The Hall–Kier alpha value is -2.51. The molecule has 3 atom stereocenters. The van der Waals surface area contributed by atoms with Gasteiger partial charge in [0, 0.05) is 29.8 Å². The first-order chi connectivity index (χ1) is 12.7. The Morgan fingerprint density at radius 1 is 1.27 bits per heavy atom. The van der Waals surface area contributed by atoms with E-state index in [2.05, 4.69) is 56.4 Å². The molecule has 1 aliphatic heterocycles. The summed E-state index contributed by atoms with van der Waals surface area (Å²) in [6.45, 7) is 2.59. The van der Waals surface area contributed by atoms with Gasteiger partial charge < -0.3 is 16.5 Å². The van der Waals surface area contributed by atoms with Crippen LogP contribution in [0.25, 0.3) is 5.57 Å². The topological polar surface area (TPSA) is 88.2 Å². The van der Waals surface area contributed by atoms with E-state index in [9.17, 15) is 0 Å². The summed E-state index contributed by atoms with van der Waals surface area (Å²) in [5, 5.41) is 18.1. The number of aromatic nitrogens is 2. The Morgan fingerprint density at radius 2 is 2.12 bits per heavy atom. The van der Waals surface area contributed by atoms with Crippen LogP contribution in [-0.4, -0.2) is 34.5 Å². The highest BCUT2D eigenvalue weighted by molar-refractivity contribution is 7.16. The maximum Gasteiger partial charge on any atom is 0.206 e. The predicted molar refractivity (Wildman–Crippen MR) is 107 cm³/mol. The fraction of sp³-hybridized carbons (Fsp3) is 0.316. The van der Waals surface area contributed by atoms with Crippen LogP contribution in [0.3, 0.4) is 0 Å². The fourth-order valence-corrected chi connectivity index (χ4v) is 4.07. The van der Waals surface area contributed by atoms with Gasteiger partial charge in [0.05, 0.1) is 6.04 Å². The molecule has 4 rings (SSSR count).